The average Bonchev–Trinajstić information content (AvgIpc) is 3.01. The minimum absolute atomic E-state index is 0.00247. The summed E-state index contributed by atoms with van der Waals surface area (Å²) in [5, 5.41) is 16.6. The fourth-order valence-corrected chi connectivity index (χ4v) is 3.28. The van der Waals surface area contributed by atoms with Crippen molar-refractivity contribution < 1.29 is 9.90 Å². The molecule has 2 saturated heterocycles. The Balaban J connectivity index is 1.51. The van der Waals surface area contributed by atoms with E-state index < -0.39 is 5.97 Å². The van der Waals surface area contributed by atoms with E-state index in [9.17, 15) is 4.79 Å². The quantitative estimate of drug-likeness (QED) is 0.906. The van der Waals surface area contributed by atoms with Gasteiger partial charge in [-0.25, -0.2) is 4.79 Å². The molecule has 0 aromatic carbocycles. The molecule has 1 N–H and O–H groups in total. The molecular formula is C15H22N4O2. The molecule has 0 unspecified atom stereocenters. The SMILES string of the molecule is O=C(O)c1ccc(N2CCC(CN3CCCC3)CC2)nn1. The van der Waals surface area contributed by atoms with Gasteiger partial charge in [0, 0.05) is 19.6 Å². The first-order chi connectivity index (χ1) is 10.2. The monoisotopic (exact) mass is 290 g/mol. The average molecular weight is 290 g/mol. The summed E-state index contributed by atoms with van der Waals surface area (Å²) in [6.07, 6.45) is 5.06. The van der Waals surface area contributed by atoms with Gasteiger partial charge in [0.1, 0.15) is 0 Å². The number of hydrogen-bond donors (Lipinski definition) is 1. The van der Waals surface area contributed by atoms with Crippen LogP contribution in [0, 0.1) is 5.92 Å². The molecule has 0 saturated carbocycles. The lowest BCUT2D eigenvalue weighted by molar-refractivity contribution is 0.0689. The van der Waals surface area contributed by atoms with Crippen molar-refractivity contribution >= 4 is 11.8 Å². The third-order valence-corrected chi connectivity index (χ3v) is 4.52. The van der Waals surface area contributed by atoms with E-state index in [1.165, 1.54) is 51.4 Å². The van der Waals surface area contributed by atoms with Gasteiger partial charge in [-0.3, -0.25) is 0 Å². The van der Waals surface area contributed by atoms with Crippen molar-refractivity contribution in [3.63, 3.8) is 0 Å². The number of piperidine rings is 1. The Bertz CT molecular complexity index is 477. The molecule has 0 bridgehead atoms. The highest BCUT2D eigenvalue weighted by molar-refractivity contribution is 5.85. The molecule has 6 nitrogen and oxygen atoms in total. The van der Waals surface area contributed by atoms with E-state index in [1.807, 2.05) is 0 Å². The number of hydrogen-bond acceptors (Lipinski definition) is 5. The molecule has 21 heavy (non-hydrogen) atoms. The molecule has 3 heterocycles. The summed E-state index contributed by atoms with van der Waals surface area (Å²) in [6, 6.07) is 3.29. The van der Waals surface area contributed by atoms with Crippen molar-refractivity contribution in [2.24, 2.45) is 5.92 Å². The second kappa shape index (κ2) is 6.39. The highest BCUT2D eigenvalue weighted by Crippen LogP contribution is 2.23. The summed E-state index contributed by atoms with van der Waals surface area (Å²) in [5.41, 5.74) is 0.00247. The van der Waals surface area contributed by atoms with E-state index >= 15 is 0 Å². The van der Waals surface area contributed by atoms with Gasteiger partial charge in [-0.1, -0.05) is 0 Å². The smallest absolute Gasteiger partial charge is 0.356 e. The van der Waals surface area contributed by atoms with Gasteiger partial charge in [-0.05, 0) is 56.8 Å². The van der Waals surface area contributed by atoms with Crippen LogP contribution in [0.4, 0.5) is 5.82 Å². The van der Waals surface area contributed by atoms with Crippen LogP contribution < -0.4 is 4.90 Å². The summed E-state index contributed by atoms with van der Waals surface area (Å²) < 4.78 is 0. The van der Waals surface area contributed by atoms with Gasteiger partial charge in [0.25, 0.3) is 0 Å². The maximum absolute atomic E-state index is 10.8. The Morgan fingerprint density at radius 2 is 1.86 bits per heavy atom. The maximum atomic E-state index is 10.8. The van der Waals surface area contributed by atoms with Crippen LogP contribution in [0.25, 0.3) is 0 Å². The number of aromatic carboxylic acids is 1. The number of likely N-dealkylation sites (tertiary alicyclic amines) is 1. The summed E-state index contributed by atoms with van der Waals surface area (Å²) in [5.74, 6) is 0.545. The number of anilines is 1. The summed E-state index contributed by atoms with van der Waals surface area (Å²) in [6.45, 7) is 5.74. The summed E-state index contributed by atoms with van der Waals surface area (Å²) in [4.78, 5) is 15.6. The highest BCUT2D eigenvalue weighted by atomic mass is 16.4. The molecule has 1 aromatic heterocycles. The van der Waals surface area contributed by atoms with Crippen LogP contribution in [-0.2, 0) is 0 Å². The van der Waals surface area contributed by atoms with Gasteiger partial charge >= 0.3 is 5.97 Å². The van der Waals surface area contributed by atoms with Crippen LogP contribution in [0.3, 0.4) is 0 Å². The first-order valence-electron chi connectivity index (χ1n) is 7.77. The molecule has 0 spiro atoms. The first-order valence-corrected chi connectivity index (χ1v) is 7.77. The third-order valence-electron chi connectivity index (χ3n) is 4.52. The number of nitrogens with zero attached hydrogens (tertiary/aromatic N) is 4. The Morgan fingerprint density at radius 1 is 1.14 bits per heavy atom. The molecule has 2 aliphatic rings. The van der Waals surface area contributed by atoms with Crippen LogP contribution in [0.5, 0.6) is 0 Å². The van der Waals surface area contributed by atoms with Crippen molar-refractivity contribution in [1.29, 1.82) is 0 Å². The van der Waals surface area contributed by atoms with Gasteiger partial charge < -0.3 is 14.9 Å². The zero-order valence-electron chi connectivity index (χ0n) is 12.2. The van der Waals surface area contributed by atoms with Crippen LogP contribution in [0.1, 0.15) is 36.2 Å². The third kappa shape index (κ3) is 3.50. The van der Waals surface area contributed by atoms with Crippen molar-refractivity contribution in [2.75, 3.05) is 37.6 Å². The fourth-order valence-electron chi connectivity index (χ4n) is 3.28. The second-order valence-corrected chi connectivity index (χ2v) is 6.02. The van der Waals surface area contributed by atoms with Crippen molar-refractivity contribution in [3.8, 4) is 0 Å². The minimum atomic E-state index is -1.03. The lowest BCUT2D eigenvalue weighted by Crippen LogP contribution is -2.38. The van der Waals surface area contributed by atoms with Gasteiger partial charge in [0.05, 0.1) is 0 Å². The zero-order valence-corrected chi connectivity index (χ0v) is 12.2. The first kappa shape index (κ1) is 14.3. The van der Waals surface area contributed by atoms with Crippen LogP contribution in [0.15, 0.2) is 12.1 Å². The molecule has 2 fully saturated rings. The second-order valence-electron chi connectivity index (χ2n) is 6.02. The van der Waals surface area contributed by atoms with Gasteiger partial charge in [0.2, 0.25) is 0 Å². The minimum Gasteiger partial charge on any atom is -0.476 e. The molecule has 1 aromatic rings. The number of carboxylic acids is 1. The van der Waals surface area contributed by atoms with Gasteiger partial charge in [0.15, 0.2) is 11.5 Å². The van der Waals surface area contributed by atoms with Crippen molar-refractivity contribution in [3.05, 3.63) is 17.8 Å². The van der Waals surface area contributed by atoms with E-state index in [-0.39, 0.29) is 5.69 Å². The van der Waals surface area contributed by atoms with E-state index in [2.05, 4.69) is 20.0 Å². The number of carboxylic acid groups (broad SMARTS) is 1. The Morgan fingerprint density at radius 3 is 2.43 bits per heavy atom. The van der Waals surface area contributed by atoms with Gasteiger partial charge in [-0.2, -0.15) is 0 Å². The molecule has 3 rings (SSSR count). The molecule has 0 atom stereocenters. The predicted octanol–water partition coefficient (Wildman–Crippen LogP) is 1.49. The zero-order chi connectivity index (χ0) is 14.7. The normalized spacial score (nSPS) is 20.9. The summed E-state index contributed by atoms with van der Waals surface area (Å²) >= 11 is 0. The topological polar surface area (TPSA) is 69.6 Å². The molecule has 6 heteroatoms. The van der Waals surface area contributed by atoms with Crippen molar-refractivity contribution in [1.82, 2.24) is 15.1 Å². The van der Waals surface area contributed by atoms with E-state index in [4.69, 9.17) is 5.11 Å². The fraction of sp³-hybridized carbons (Fsp3) is 0.667. The molecule has 2 aliphatic heterocycles. The highest BCUT2D eigenvalue weighted by Gasteiger charge is 2.23. The standard InChI is InChI=1S/C15H22N4O2/c20-15(21)13-3-4-14(17-16-13)19-9-5-12(6-10-19)11-18-7-1-2-8-18/h3-4,12H,1-2,5-11H2,(H,20,21). The number of aromatic nitrogens is 2. The molecule has 114 valence electrons. The Labute approximate surface area is 124 Å². The van der Waals surface area contributed by atoms with E-state index in [0.717, 1.165) is 24.8 Å². The Hall–Kier alpha value is -1.69. The number of rotatable bonds is 4. The van der Waals surface area contributed by atoms with Crippen molar-refractivity contribution in [2.45, 2.75) is 25.7 Å². The number of carbonyl (C=O) groups is 1. The molecular weight excluding hydrogens is 268 g/mol. The van der Waals surface area contributed by atoms with Gasteiger partial charge in [-0.15, -0.1) is 10.2 Å². The van der Waals surface area contributed by atoms with Crippen LogP contribution in [0.2, 0.25) is 0 Å². The maximum Gasteiger partial charge on any atom is 0.356 e. The lowest BCUT2D eigenvalue weighted by atomic mass is 9.96. The lowest BCUT2D eigenvalue weighted by Gasteiger charge is -2.34. The molecule has 0 radical (unpaired) electrons. The van der Waals surface area contributed by atoms with E-state index in [1.54, 1.807) is 6.07 Å². The van der Waals surface area contributed by atoms with Crippen LogP contribution >= 0.6 is 0 Å². The largest absolute Gasteiger partial charge is 0.476 e. The Kier molecular flexibility index (Phi) is 4.34. The van der Waals surface area contributed by atoms with Crippen LogP contribution in [-0.4, -0.2) is 58.9 Å². The molecule has 0 amide bonds. The van der Waals surface area contributed by atoms with E-state index in [0.29, 0.717) is 0 Å². The predicted molar refractivity (Wildman–Crippen MR) is 79.6 cm³/mol. The summed E-state index contributed by atoms with van der Waals surface area (Å²) in [7, 11) is 0. The molecule has 0 aliphatic carbocycles.